The Balaban J connectivity index is 1.92. The molecule has 114 valence electrons. The van der Waals surface area contributed by atoms with Gasteiger partial charge >= 0.3 is 11.9 Å². The lowest BCUT2D eigenvalue weighted by molar-refractivity contribution is 0.0469. The van der Waals surface area contributed by atoms with Gasteiger partial charge in [-0.2, -0.15) is 0 Å². The van der Waals surface area contributed by atoms with Gasteiger partial charge in [-0.3, -0.25) is 0 Å². The van der Waals surface area contributed by atoms with E-state index in [0.29, 0.717) is 12.2 Å². The molecule has 0 fully saturated rings. The van der Waals surface area contributed by atoms with Gasteiger partial charge in [-0.25, -0.2) is 14.0 Å². The van der Waals surface area contributed by atoms with Gasteiger partial charge < -0.3 is 9.47 Å². The Labute approximate surface area is 127 Å². The first kappa shape index (κ1) is 15.7. The quantitative estimate of drug-likeness (QED) is 0.795. The number of carbonyl (C=O) groups excluding carboxylic acids is 2. The lowest BCUT2D eigenvalue weighted by Crippen LogP contribution is -2.06. The molecule has 0 aliphatic heterocycles. The molecule has 0 bridgehead atoms. The van der Waals surface area contributed by atoms with Crippen LogP contribution >= 0.6 is 0 Å². The van der Waals surface area contributed by atoms with Gasteiger partial charge in [0.05, 0.1) is 17.7 Å². The highest BCUT2D eigenvalue weighted by Crippen LogP contribution is 2.10. The summed E-state index contributed by atoms with van der Waals surface area (Å²) in [4.78, 5) is 23.3. The topological polar surface area (TPSA) is 52.6 Å². The molecule has 4 nitrogen and oxygen atoms in total. The average Bonchev–Trinajstić information content (AvgIpc) is 2.54. The van der Waals surface area contributed by atoms with E-state index in [4.69, 9.17) is 9.47 Å². The van der Waals surface area contributed by atoms with E-state index in [1.165, 1.54) is 24.3 Å². The Morgan fingerprint density at radius 3 is 1.91 bits per heavy atom. The fraction of sp³-hybridized carbons (Fsp3) is 0.176. The number of hydrogen-bond acceptors (Lipinski definition) is 4. The first-order valence-corrected chi connectivity index (χ1v) is 6.79. The van der Waals surface area contributed by atoms with Gasteiger partial charge in [0.2, 0.25) is 0 Å². The lowest BCUT2D eigenvalue weighted by atomic mass is 10.1. The van der Waals surface area contributed by atoms with Crippen molar-refractivity contribution in [1.82, 2.24) is 0 Å². The molecule has 22 heavy (non-hydrogen) atoms. The predicted octanol–water partition coefficient (Wildman–Crippen LogP) is 3.36. The average molecular weight is 302 g/mol. The van der Waals surface area contributed by atoms with Crippen LogP contribution in [-0.2, 0) is 16.1 Å². The maximum Gasteiger partial charge on any atom is 0.338 e. The third-order valence-electron chi connectivity index (χ3n) is 2.91. The summed E-state index contributed by atoms with van der Waals surface area (Å²) in [6, 6.07) is 11.7. The van der Waals surface area contributed by atoms with Crippen LogP contribution in [0.3, 0.4) is 0 Å². The number of ether oxygens (including phenoxy) is 2. The van der Waals surface area contributed by atoms with E-state index in [-0.39, 0.29) is 12.2 Å². The van der Waals surface area contributed by atoms with Gasteiger partial charge in [-0.05, 0) is 48.9 Å². The zero-order valence-electron chi connectivity index (χ0n) is 12.0. The maximum absolute atomic E-state index is 12.8. The van der Waals surface area contributed by atoms with E-state index in [2.05, 4.69) is 0 Å². The zero-order valence-corrected chi connectivity index (χ0v) is 12.0. The van der Waals surface area contributed by atoms with Crippen LogP contribution < -0.4 is 0 Å². The highest BCUT2D eigenvalue weighted by atomic mass is 19.1. The zero-order chi connectivity index (χ0) is 15.9. The molecule has 0 heterocycles. The summed E-state index contributed by atoms with van der Waals surface area (Å²) in [6.45, 7) is 2.12. The summed E-state index contributed by atoms with van der Waals surface area (Å²) < 4.78 is 22.8. The van der Waals surface area contributed by atoms with Crippen LogP contribution in [0.1, 0.15) is 33.2 Å². The fourth-order valence-electron chi connectivity index (χ4n) is 1.77. The van der Waals surface area contributed by atoms with Gasteiger partial charge in [-0.15, -0.1) is 0 Å². The van der Waals surface area contributed by atoms with E-state index in [1.54, 1.807) is 31.2 Å². The molecular formula is C17H15FO4. The van der Waals surface area contributed by atoms with Crippen LogP contribution in [0.4, 0.5) is 4.39 Å². The van der Waals surface area contributed by atoms with Crippen molar-refractivity contribution in [2.75, 3.05) is 6.61 Å². The molecule has 0 aromatic heterocycles. The van der Waals surface area contributed by atoms with Crippen molar-refractivity contribution in [2.45, 2.75) is 13.5 Å². The largest absolute Gasteiger partial charge is 0.462 e. The molecule has 0 spiro atoms. The molecule has 0 radical (unpaired) electrons. The minimum Gasteiger partial charge on any atom is -0.462 e. The molecule has 5 heteroatoms. The lowest BCUT2D eigenvalue weighted by Gasteiger charge is -2.06. The molecule has 0 N–H and O–H groups in total. The van der Waals surface area contributed by atoms with E-state index in [1.807, 2.05) is 0 Å². The maximum atomic E-state index is 12.8. The fourth-order valence-corrected chi connectivity index (χ4v) is 1.77. The molecule has 2 aromatic carbocycles. The minimum absolute atomic E-state index is 0.0688. The smallest absolute Gasteiger partial charge is 0.338 e. The standard InChI is InChI=1S/C17H15FO4/c1-2-21-16(19)13-5-3-12(4-6-13)11-22-17(20)14-7-9-15(18)10-8-14/h3-10H,2,11H2,1H3. The third-order valence-corrected chi connectivity index (χ3v) is 2.91. The van der Waals surface area contributed by atoms with Crippen molar-refractivity contribution in [2.24, 2.45) is 0 Å². The number of hydrogen-bond donors (Lipinski definition) is 0. The van der Waals surface area contributed by atoms with Crippen LogP contribution in [-0.4, -0.2) is 18.5 Å². The Morgan fingerprint density at radius 1 is 0.864 bits per heavy atom. The van der Waals surface area contributed by atoms with Gasteiger partial charge in [0.25, 0.3) is 0 Å². The first-order valence-electron chi connectivity index (χ1n) is 6.79. The van der Waals surface area contributed by atoms with Crippen LogP contribution in [0.2, 0.25) is 0 Å². The number of carbonyl (C=O) groups is 2. The van der Waals surface area contributed by atoms with E-state index in [0.717, 1.165) is 5.56 Å². The highest BCUT2D eigenvalue weighted by molar-refractivity contribution is 5.90. The Hall–Kier alpha value is -2.69. The molecule has 0 aliphatic rings. The second-order valence-electron chi connectivity index (χ2n) is 4.50. The number of esters is 2. The van der Waals surface area contributed by atoms with Gasteiger partial charge in [0.15, 0.2) is 0 Å². The van der Waals surface area contributed by atoms with Crippen LogP contribution in [0, 0.1) is 5.82 Å². The SMILES string of the molecule is CCOC(=O)c1ccc(COC(=O)c2ccc(F)cc2)cc1. The van der Waals surface area contributed by atoms with Crippen molar-refractivity contribution in [3.8, 4) is 0 Å². The van der Waals surface area contributed by atoms with E-state index in [9.17, 15) is 14.0 Å². The molecule has 0 amide bonds. The predicted molar refractivity (Wildman–Crippen MR) is 77.9 cm³/mol. The molecule has 2 rings (SSSR count). The van der Waals surface area contributed by atoms with E-state index < -0.39 is 17.8 Å². The summed E-state index contributed by atoms with van der Waals surface area (Å²) in [5.41, 5.74) is 1.46. The highest BCUT2D eigenvalue weighted by Gasteiger charge is 2.09. The number of benzene rings is 2. The number of rotatable bonds is 5. The van der Waals surface area contributed by atoms with Crippen molar-refractivity contribution in [3.05, 3.63) is 71.0 Å². The normalized spacial score (nSPS) is 10.1. The van der Waals surface area contributed by atoms with Crippen LogP contribution in [0.25, 0.3) is 0 Å². The summed E-state index contributed by atoms with van der Waals surface area (Å²) in [6.07, 6.45) is 0. The minimum atomic E-state index is -0.533. The second-order valence-corrected chi connectivity index (χ2v) is 4.50. The van der Waals surface area contributed by atoms with Gasteiger partial charge in [0, 0.05) is 0 Å². The van der Waals surface area contributed by atoms with Crippen molar-refractivity contribution < 1.29 is 23.5 Å². The number of halogens is 1. The van der Waals surface area contributed by atoms with Gasteiger partial charge in [0.1, 0.15) is 12.4 Å². The molecule has 0 aliphatic carbocycles. The van der Waals surface area contributed by atoms with Crippen LogP contribution in [0.15, 0.2) is 48.5 Å². The summed E-state index contributed by atoms with van der Waals surface area (Å²) in [5, 5.41) is 0. The molecule has 0 saturated carbocycles. The van der Waals surface area contributed by atoms with Gasteiger partial charge in [-0.1, -0.05) is 12.1 Å². The summed E-state index contributed by atoms with van der Waals surface area (Å²) in [7, 11) is 0. The molecule has 0 saturated heterocycles. The van der Waals surface area contributed by atoms with Crippen molar-refractivity contribution >= 4 is 11.9 Å². The Morgan fingerprint density at radius 2 is 1.36 bits per heavy atom. The summed E-state index contributed by atoms with van der Waals surface area (Å²) in [5.74, 6) is -1.34. The molecule has 0 atom stereocenters. The Bertz CT molecular complexity index is 647. The molecule has 0 unspecified atom stereocenters. The van der Waals surface area contributed by atoms with Crippen molar-refractivity contribution in [1.29, 1.82) is 0 Å². The molecule has 2 aromatic rings. The monoisotopic (exact) mass is 302 g/mol. The summed E-state index contributed by atoms with van der Waals surface area (Å²) >= 11 is 0. The Kier molecular flexibility index (Phi) is 5.25. The second kappa shape index (κ2) is 7.36. The third kappa shape index (κ3) is 4.15. The molecular weight excluding hydrogens is 287 g/mol. The first-order chi connectivity index (χ1) is 10.6. The van der Waals surface area contributed by atoms with Crippen LogP contribution in [0.5, 0.6) is 0 Å². The van der Waals surface area contributed by atoms with E-state index >= 15 is 0 Å². The van der Waals surface area contributed by atoms with Crippen molar-refractivity contribution in [3.63, 3.8) is 0 Å².